The van der Waals surface area contributed by atoms with Gasteiger partial charge in [0.1, 0.15) is 5.69 Å². The molecular formula is C21H26N4O6S. The van der Waals surface area contributed by atoms with E-state index in [0.29, 0.717) is 36.7 Å². The number of nitro benzene ring substituents is 1. The zero-order chi connectivity index (χ0) is 23.3. The summed E-state index contributed by atoms with van der Waals surface area (Å²) < 4.78 is 37.4. The Kier molecular flexibility index (Phi) is 7.31. The highest BCUT2D eigenvalue weighted by atomic mass is 32.2. The molecule has 2 aromatic carbocycles. The summed E-state index contributed by atoms with van der Waals surface area (Å²) >= 11 is 0. The molecule has 1 heterocycles. The van der Waals surface area contributed by atoms with Crippen molar-refractivity contribution in [2.24, 2.45) is 5.10 Å². The van der Waals surface area contributed by atoms with Gasteiger partial charge in [-0.15, -0.1) is 0 Å². The molecule has 2 aromatic rings. The van der Waals surface area contributed by atoms with Gasteiger partial charge < -0.3 is 9.47 Å². The van der Waals surface area contributed by atoms with E-state index in [2.05, 4.69) is 10.5 Å². The number of hydrazone groups is 1. The van der Waals surface area contributed by atoms with Gasteiger partial charge in [-0.2, -0.15) is 9.41 Å². The minimum atomic E-state index is -3.77. The summed E-state index contributed by atoms with van der Waals surface area (Å²) in [6.07, 6.45) is 2.11. The molecule has 10 nitrogen and oxygen atoms in total. The summed E-state index contributed by atoms with van der Waals surface area (Å²) in [4.78, 5) is 10.9. The molecule has 1 fully saturated rings. The first-order chi connectivity index (χ1) is 15.3. The summed E-state index contributed by atoms with van der Waals surface area (Å²) in [5.41, 5.74) is 3.85. The fraction of sp³-hybridized carbons (Fsp3) is 0.381. The highest BCUT2D eigenvalue weighted by Crippen LogP contribution is 2.31. The molecule has 0 spiro atoms. The maximum Gasteiger partial charge on any atom is 0.295 e. The normalized spacial score (nSPS) is 14.9. The summed E-state index contributed by atoms with van der Waals surface area (Å²) in [7, 11) is -0.691. The SMILES string of the molecule is CC/C(=N\Nc1ccc(S(=O)(=O)N2CCCC2)cc1[N+](=O)[O-])c1ccc(OC)c(OC)c1. The van der Waals surface area contributed by atoms with Gasteiger partial charge in [-0.25, -0.2) is 8.42 Å². The number of nitrogens with one attached hydrogen (secondary N) is 1. The molecule has 0 bridgehead atoms. The van der Waals surface area contributed by atoms with E-state index in [1.807, 2.05) is 13.0 Å². The number of methoxy groups -OCH3 is 2. The van der Waals surface area contributed by atoms with Crippen LogP contribution in [0.15, 0.2) is 46.4 Å². The van der Waals surface area contributed by atoms with Crippen LogP contribution in [0.3, 0.4) is 0 Å². The quantitative estimate of drug-likeness (QED) is 0.343. The Labute approximate surface area is 187 Å². The number of hydrogen-bond acceptors (Lipinski definition) is 8. The molecule has 0 saturated carbocycles. The van der Waals surface area contributed by atoms with Crippen molar-refractivity contribution in [1.82, 2.24) is 4.31 Å². The van der Waals surface area contributed by atoms with Gasteiger partial charge in [-0.3, -0.25) is 15.5 Å². The van der Waals surface area contributed by atoms with Crippen LogP contribution in [0, 0.1) is 10.1 Å². The van der Waals surface area contributed by atoms with Crippen molar-refractivity contribution >= 4 is 27.1 Å². The predicted octanol–water partition coefficient (Wildman–Crippen LogP) is 3.62. The molecule has 172 valence electrons. The monoisotopic (exact) mass is 462 g/mol. The van der Waals surface area contributed by atoms with Crippen LogP contribution in [0.2, 0.25) is 0 Å². The molecule has 0 atom stereocenters. The molecule has 0 unspecified atom stereocenters. The minimum absolute atomic E-state index is 0.0989. The zero-order valence-electron chi connectivity index (χ0n) is 18.2. The van der Waals surface area contributed by atoms with Crippen LogP contribution in [0.5, 0.6) is 11.5 Å². The van der Waals surface area contributed by atoms with Gasteiger partial charge in [0.15, 0.2) is 11.5 Å². The van der Waals surface area contributed by atoms with Gasteiger partial charge in [-0.05, 0) is 49.6 Å². The third-order valence-corrected chi connectivity index (χ3v) is 7.13. The minimum Gasteiger partial charge on any atom is -0.493 e. The molecule has 11 heteroatoms. The molecule has 1 saturated heterocycles. The zero-order valence-corrected chi connectivity index (χ0v) is 19.0. The fourth-order valence-electron chi connectivity index (χ4n) is 3.49. The van der Waals surface area contributed by atoms with E-state index in [-0.39, 0.29) is 16.3 Å². The lowest BCUT2D eigenvalue weighted by Gasteiger charge is -2.16. The standard InChI is InChI=1S/C21H26N4O6S/c1-4-17(15-7-10-20(30-2)21(13-15)31-3)22-23-18-9-8-16(14-19(18)25(26)27)32(28,29)24-11-5-6-12-24/h7-10,13-14,23H,4-6,11-12H2,1-3H3/b22-17+. The molecule has 32 heavy (non-hydrogen) atoms. The van der Waals surface area contributed by atoms with Crippen LogP contribution in [-0.4, -0.2) is 50.7 Å². The van der Waals surface area contributed by atoms with Gasteiger partial charge in [0.25, 0.3) is 5.69 Å². The first-order valence-corrected chi connectivity index (χ1v) is 11.6. The van der Waals surface area contributed by atoms with E-state index in [1.54, 1.807) is 19.2 Å². The predicted molar refractivity (Wildman–Crippen MR) is 121 cm³/mol. The first-order valence-electron chi connectivity index (χ1n) is 10.1. The molecular weight excluding hydrogens is 436 g/mol. The molecule has 0 radical (unpaired) electrons. The molecule has 0 amide bonds. The van der Waals surface area contributed by atoms with Gasteiger partial charge in [0, 0.05) is 24.7 Å². The second-order valence-electron chi connectivity index (χ2n) is 7.14. The highest BCUT2D eigenvalue weighted by Gasteiger charge is 2.29. The van der Waals surface area contributed by atoms with Crippen molar-refractivity contribution in [3.05, 3.63) is 52.1 Å². The van der Waals surface area contributed by atoms with E-state index in [9.17, 15) is 18.5 Å². The lowest BCUT2D eigenvalue weighted by molar-refractivity contribution is -0.384. The third kappa shape index (κ3) is 4.83. The largest absolute Gasteiger partial charge is 0.493 e. The average Bonchev–Trinajstić information content (AvgIpc) is 3.35. The van der Waals surface area contributed by atoms with Gasteiger partial charge in [-0.1, -0.05) is 6.92 Å². The number of hydrogen-bond donors (Lipinski definition) is 1. The van der Waals surface area contributed by atoms with Crippen LogP contribution in [0.1, 0.15) is 31.7 Å². The fourth-order valence-corrected chi connectivity index (χ4v) is 5.02. The Hall–Kier alpha value is -3.18. The second-order valence-corrected chi connectivity index (χ2v) is 9.08. The molecule has 3 rings (SSSR count). The highest BCUT2D eigenvalue weighted by molar-refractivity contribution is 7.89. The molecule has 1 aliphatic rings. The summed E-state index contributed by atoms with van der Waals surface area (Å²) in [5, 5.41) is 16.0. The Bertz CT molecular complexity index is 1130. The number of nitrogens with zero attached hydrogens (tertiary/aromatic N) is 3. The maximum atomic E-state index is 12.8. The van der Waals surface area contributed by atoms with Crippen LogP contribution in [0.25, 0.3) is 0 Å². The van der Waals surface area contributed by atoms with Crippen molar-refractivity contribution in [3.8, 4) is 11.5 Å². The number of ether oxygens (including phenoxy) is 2. The van der Waals surface area contributed by atoms with E-state index >= 15 is 0 Å². The summed E-state index contributed by atoms with van der Waals surface area (Å²) in [6, 6.07) is 9.13. The lowest BCUT2D eigenvalue weighted by atomic mass is 10.1. The Morgan fingerprint density at radius 1 is 1.12 bits per heavy atom. The van der Waals surface area contributed by atoms with Crippen molar-refractivity contribution in [3.63, 3.8) is 0 Å². The topological polar surface area (TPSA) is 123 Å². The smallest absolute Gasteiger partial charge is 0.295 e. The Balaban J connectivity index is 1.92. The molecule has 1 aliphatic heterocycles. The van der Waals surface area contributed by atoms with E-state index in [0.717, 1.165) is 24.5 Å². The maximum absolute atomic E-state index is 12.8. The van der Waals surface area contributed by atoms with Crippen LogP contribution >= 0.6 is 0 Å². The van der Waals surface area contributed by atoms with Gasteiger partial charge in [0.05, 0.1) is 29.8 Å². The second kappa shape index (κ2) is 9.96. The molecule has 0 aliphatic carbocycles. The summed E-state index contributed by atoms with van der Waals surface area (Å²) in [5.74, 6) is 1.11. The van der Waals surface area contributed by atoms with Crippen LogP contribution in [0.4, 0.5) is 11.4 Å². The van der Waals surface area contributed by atoms with Crippen molar-refractivity contribution in [1.29, 1.82) is 0 Å². The third-order valence-electron chi connectivity index (χ3n) is 5.23. The molecule has 0 aromatic heterocycles. The lowest BCUT2D eigenvalue weighted by Crippen LogP contribution is -2.27. The number of nitro groups is 1. The van der Waals surface area contributed by atoms with Crippen LogP contribution < -0.4 is 14.9 Å². The van der Waals surface area contributed by atoms with Crippen molar-refractivity contribution in [2.75, 3.05) is 32.7 Å². The van der Waals surface area contributed by atoms with Crippen molar-refractivity contribution in [2.45, 2.75) is 31.1 Å². The number of benzene rings is 2. The number of rotatable bonds is 9. The number of sulfonamides is 1. The summed E-state index contributed by atoms with van der Waals surface area (Å²) in [6.45, 7) is 2.74. The number of anilines is 1. The molecule has 1 N–H and O–H groups in total. The Morgan fingerprint density at radius 2 is 1.81 bits per heavy atom. The average molecular weight is 463 g/mol. The van der Waals surface area contributed by atoms with E-state index in [4.69, 9.17) is 9.47 Å². The Morgan fingerprint density at radius 3 is 2.41 bits per heavy atom. The van der Waals surface area contributed by atoms with E-state index < -0.39 is 14.9 Å². The van der Waals surface area contributed by atoms with Gasteiger partial charge in [0.2, 0.25) is 10.0 Å². The van der Waals surface area contributed by atoms with Crippen LogP contribution in [-0.2, 0) is 10.0 Å². The first kappa shape index (κ1) is 23.5. The van der Waals surface area contributed by atoms with E-state index in [1.165, 1.54) is 23.5 Å². The van der Waals surface area contributed by atoms with Gasteiger partial charge >= 0.3 is 0 Å². The van der Waals surface area contributed by atoms with Crippen molar-refractivity contribution < 1.29 is 22.8 Å².